The van der Waals surface area contributed by atoms with Crippen LogP contribution >= 0.6 is 0 Å². The average Bonchev–Trinajstić information content (AvgIpc) is 2.22. The zero-order chi connectivity index (χ0) is 4.69. The van der Waals surface area contributed by atoms with Crippen molar-refractivity contribution in [1.82, 2.24) is 0 Å². The van der Waals surface area contributed by atoms with E-state index in [0.717, 1.165) is 0 Å². The van der Waals surface area contributed by atoms with Crippen molar-refractivity contribution in [3.63, 3.8) is 0 Å². The molecule has 2 heterocycles. The summed E-state index contributed by atoms with van der Waals surface area (Å²) in [5, 5.41) is 0. The lowest BCUT2D eigenvalue weighted by molar-refractivity contribution is 3.76. The number of hydrogen-bond acceptors (Lipinski definition) is 0. The molecular formula is H5B7. The molecule has 2 bridgehead atoms. The second-order valence-corrected chi connectivity index (χ2v) is 3.12. The van der Waals surface area contributed by atoms with Crippen molar-refractivity contribution < 1.29 is 0 Å². The van der Waals surface area contributed by atoms with E-state index < -0.39 is 0 Å². The number of hydrogen-bond donors (Lipinski definition) is 0. The predicted octanol–water partition coefficient (Wildman–Crippen LogP) is -4.00. The summed E-state index contributed by atoms with van der Waals surface area (Å²) >= 11 is 0. The van der Waals surface area contributed by atoms with Gasteiger partial charge < -0.3 is 0 Å². The van der Waals surface area contributed by atoms with Crippen molar-refractivity contribution in [2.45, 2.75) is 0 Å². The molecule has 7 heteroatoms. The Morgan fingerprint density at radius 1 is 0.714 bits per heavy atom. The Hall–Kier alpha value is 0.455. The van der Waals surface area contributed by atoms with Crippen LogP contribution in [0.15, 0.2) is 0 Å². The standard InChI is InChI=1S/B7H5/c1-2-7-4-3-6(1)5-7/h1-5H. The van der Waals surface area contributed by atoms with Crippen LogP contribution in [0.4, 0.5) is 0 Å². The van der Waals surface area contributed by atoms with Crippen LogP contribution in [0.25, 0.3) is 0 Å². The summed E-state index contributed by atoms with van der Waals surface area (Å²) in [5.41, 5.74) is 0. The van der Waals surface area contributed by atoms with Gasteiger partial charge in [-0.05, 0) is 0 Å². The Morgan fingerprint density at radius 3 is 1.29 bits per heavy atom. The summed E-state index contributed by atoms with van der Waals surface area (Å²) in [6.07, 6.45) is 2.34. The molecule has 7 heavy (non-hydrogen) atoms. The van der Waals surface area contributed by atoms with Crippen LogP contribution in [0.1, 0.15) is 0 Å². The first-order valence-corrected chi connectivity index (χ1v) is 3.45. The molecule has 0 nitrogen and oxygen atoms in total. The van der Waals surface area contributed by atoms with Gasteiger partial charge in [-0.15, -0.1) is 0 Å². The molecule has 2 aliphatic heterocycles. The summed E-state index contributed by atoms with van der Waals surface area (Å²) in [4.78, 5) is 0. The Balaban J connectivity index is 2.12. The fraction of sp³-hybridized carbons (Fsp3) is 0. The number of rotatable bonds is 0. The molecule has 2 rings (SSSR count). The molecule has 0 aromatic rings. The molecule has 0 unspecified atom stereocenters. The van der Waals surface area contributed by atoms with Crippen LogP contribution in [0.3, 0.4) is 0 Å². The van der Waals surface area contributed by atoms with E-state index in [0.29, 0.717) is 0 Å². The van der Waals surface area contributed by atoms with Gasteiger partial charge in [0.05, 0.1) is 0 Å². The van der Waals surface area contributed by atoms with Gasteiger partial charge in [-0.2, -0.15) is 0 Å². The smallest absolute Gasteiger partial charge is 0.0156 e. The molecule has 0 radical (unpaired) electrons. The highest BCUT2D eigenvalue weighted by atomic mass is 13.2. The molecule has 2 fully saturated rings. The largest absolute Gasteiger partial charge is 0.0330 e. The van der Waals surface area contributed by atoms with Gasteiger partial charge in [0.1, 0.15) is 0 Å². The van der Waals surface area contributed by atoms with E-state index in [4.69, 9.17) is 0 Å². The van der Waals surface area contributed by atoms with E-state index in [9.17, 15) is 0 Å². The summed E-state index contributed by atoms with van der Waals surface area (Å²) < 4.78 is 0. The van der Waals surface area contributed by atoms with E-state index in [1.165, 1.54) is 12.8 Å². The van der Waals surface area contributed by atoms with Crippen LogP contribution in [0, 0.1) is 0 Å². The minimum Gasteiger partial charge on any atom is 0.0156 e. The highest BCUT2D eigenvalue weighted by Crippen LogP contribution is 1.97. The van der Waals surface area contributed by atoms with Gasteiger partial charge in [-0.3, -0.25) is 0 Å². The third-order valence-corrected chi connectivity index (χ3v) is 2.63. The zero-order valence-corrected chi connectivity index (χ0v) is 4.69. The van der Waals surface area contributed by atoms with Gasteiger partial charge in [-0.1, -0.05) is 0 Å². The normalized spacial score (nSPS) is 21.7. The predicted molar refractivity (Wildman–Crippen MR) is 47.3 cm³/mol. The number of fused-ring (bicyclic) bond motifs is 2. The Morgan fingerprint density at radius 2 is 1.14 bits per heavy atom. The van der Waals surface area contributed by atoms with E-state index >= 15 is 0 Å². The van der Waals surface area contributed by atoms with Crippen molar-refractivity contribution in [1.29, 1.82) is 0 Å². The molecule has 0 aromatic carbocycles. The van der Waals surface area contributed by atoms with Crippen molar-refractivity contribution in [2.24, 2.45) is 0 Å². The fourth-order valence-corrected chi connectivity index (χ4v) is 2.17. The van der Waals surface area contributed by atoms with Gasteiger partial charge >= 0.3 is 0 Å². The lowest BCUT2D eigenvalue weighted by atomic mass is 8.81. The highest BCUT2D eigenvalue weighted by molar-refractivity contribution is 8.10. The van der Waals surface area contributed by atoms with Crippen molar-refractivity contribution in [2.75, 3.05) is 0 Å². The zero-order valence-electron chi connectivity index (χ0n) is 4.69. The fourth-order valence-electron chi connectivity index (χ4n) is 2.17. The lowest BCUT2D eigenvalue weighted by Crippen LogP contribution is -2.38. The molecule has 2 aliphatic rings. The summed E-state index contributed by atoms with van der Waals surface area (Å²) in [6, 6.07) is 0. The molecule has 0 aliphatic carbocycles. The maximum Gasteiger partial charge on any atom is 0.0330 e. The molecule has 26 valence electrons. The Bertz CT molecular complexity index is 58.1. The third kappa shape index (κ3) is 0.613. The second-order valence-electron chi connectivity index (χ2n) is 3.12. The third-order valence-electron chi connectivity index (χ3n) is 2.63. The minimum atomic E-state index is 1.17. The molecule has 0 saturated carbocycles. The molecule has 2 saturated heterocycles. The first-order chi connectivity index (χ1) is 3.45. The highest BCUT2D eigenvalue weighted by Gasteiger charge is 2.37. The van der Waals surface area contributed by atoms with E-state index in [1.807, 2.05) is 0 Å². The lowest BCUT2D eigenvalue weighted by Gasteiger charge is -1.97. The van der Waals surface area contributed by atoms with Gasteiger partial charge in [0.25, 0.3) is 0 Å². The Kier molecular flexibility index (Phi) is 0.908. The van der Waals surface area contributed by atoms with E-state index in [1.54, 1.807) is 35.3 Å². The van der Waals surface area contributed by atoms with Gasteiger partial charge in [-0.25, -0.2) is 0 Å². The maximum absolute atomic E-state index is 1.58. The Labute approximate surface area is 48.8 Å². The molecular weight excluding hydrogens is 75.7 g/mol. The maximum atomic E-state index is 1.58. The van der Waals surface area contributed by atoms with Crippen LogP contribution in [-0.2, 0) is 0 Å². The van der Waals surface area contributed by atoms with E-state index in [2.05, 4.69) is 0 Å². The summed E-state index contributed by atoms with van der Waals surface area (Å²) in [5.74, 6) is 0. The van der Waals surface area contributed by atoms with Crippen molar-refractivity contribution >= 4 is 48.1 Å². The molecule has 0 N–H and O–H groups in total. The topological polar surface area (TPSA) is 0 Å². The van der Waals surface area contributed by atoms with Crippen LogP contribution in [-0.4, -0.2) is 48.1 Å². The molecule has 0 spiro atoms. The summed E-state index contributed by atoms with van der Waals surface area (Å²) in [6.45, 7) is 0. The van der Waals surface area contributed by atoms with Crippen LogP contribution in [0.5, 0.6) is 0 Å². The average molecular weight is 80.7 g/mol. The molecule has 0 atom stereocenters. The minimum absolute atomic E-state index is 1.17. The SMILES string of the molecule is B1BB2BBB1B2. The van der Waals surface area contributed by atoms with Gasteiger partial charge in [0, 0.05) is 48.1 Å². The first-order valence-electron chi connectivity index (χ1n) is 3.45. The quantitative estimate of drug-likeness (QED) is 0.260. The van der Waals surface area contributed by atoms with Crippen LogP contribution < -0.4 is 0 Å². The van der Waals surface area contributed by atoms with Gasteiger partial charge in [0.2, 0.25) is 0 Å². The monoisotopic (exact) mass is 82.1 g/mol. The van der Waals surface area contributed by atoms with Crippen LogP contribution in [0.2, 0.25) is 0 Å². The van der Waals surface area contributed by atoms with E-state index in [-0.39, 0.29) is 0 Å². The van der Waals surface area contributed by atoms with Crippen molar-refractivity contribution in [3.8, 4) is 0 Å². The molecule has 0 amide bonds. The first kappa shape index (κ1) is 4.34. The summed E-state index contributed by atoms with van der Waals surface area (Å²) in [7, 11) is 7.82. The van der Waals surface area contributed by atoms with Crippen molar-refractivity contribution in [3.05, 3.63) is 0 Å². The van der Waals surface area contributed by atoms with Gasteiger partial charge in [0.15, 0.2) is 0 Å². The molecule has 0 aromatic heterocycles. The second kappa shape index (κ2) is 1.46.